The van der Waals surface area contributed by atoms with E-state index in [2.05, 4.69) is 15.9 Å². The van der Waals surface area contributed by atoms with Gasteiger partial charge in [0, 0.05) is 11.8 Å². The summed E-state index contributed by atoms with van der Waals surface area (Å²) >= 11 is 3.39. The molecule has 81 valence electrons. The third-order valence-electron chi connectivity index (χ3n) is 2.11. The summed E-state index contributed by atoms with van der Waals surface area (Å²) < 4.78 is 0. The molecule has 14 heavy (non-hydrogen) atoms. The van der Waals surface area contributed by atoms with E-state index in [1.165, 1.54) is 25.7 Å². The zero-order chi connectivity index (χ0) is 10.6. The minimum atomic E-state index is -0.0242. The zero-order valence-electron chi connectivity index (χ0n) is 8.56. The molecule has 0 aromatic heterocycles. The summed E-state index contributed by atoms with van der Waals surface area (Å²) in [6.07, 6.45) is 9.14. The fraction of sp³-hybridized carbons (Fsp3) is 0.818. The van der Waals surface area contributed by atoms with E-state index in [1.807, 2.05) is 0 Å². The molecule has 2 nitrogen and oxygen atoms in total. The van der Waals surface area contributed by atoms with Crippen molar-refractivity contribution in [3.05, 3.63) is 0 Å². The van der Waals surface area contributed by atoms with E-state index in [0.29, 0.717) is 6.42 Å². The van der Waals surface area contributed by atoms with Crippen LogP contribution >= 0.6 is 15.9 Å². The first-order chi connectivity index (χ1) is 6.81. The van der Waals surface area contributed by atoms with Crippen LogP contribution in [0, 0.1) is 0 Å². The predicted molar refractivity (Wildman–Crippen MR) is 61.4 cm³/mol. The van der Waals surface area contributed by atoms with Crippen molar-refractivity contribution < 1.29 is 9.59 Å². The molecule has 0 amide bonds. The highest BCUT2D eigenvalue weighted by Gasteiger charge is 2.00. The van der Waals surface area contributed by atoms with E-state index < -0.39 is 0 Å². The Bertz CT molecular complexity index is 157. The topological polar surface area (TPSA) is 34.1 Å². The highest BCUT2D eigenvalue weighted by atomic mass is 79.9. The molecular weight excluding hydrogens is 244 g/mol. The Balaban J connectivity index is 3.05. The van der Waals surface area contributed by atoms with Gasteiger partial charge in [0.25, 0.3) is 0 Å². The zero-order valence-corrected chi connectivity index (χ0v) is 10.1. The lowest BCUT2D eigenvalue weighted by atomic mass is 10.1. The number of hydrogen-bond acceptors (Lipinski definition) is 2. The first-order valence-electron chi connectivity index (χ1n) is 5.24. The Morgan fingerprint density at radius 2 is 1.57 bits per heavy atom. The van der Waals surface area contributed by atoms with Crippen molar-refractivity contribution in [2.75, 3.05) is 5.33 Å². The van der Waals surface area contributed by atoms with Crippen LogP contribution in [-0.2, 0) is 9.59 Å². The first kappa shape index (κ1) is 13.8. The number of unbranched alkanes of at least 4 members (excludes halogenated alkanes) is 5. The third kappa shape index (κ3) is 9.90. The Hall–Kier alpha value is -0.180. The number of rotatable bonds is 10. The van der Waals surface area contributed by atoms with Crippen molar-refractivity contribution in [3.63, 3.8) is 0 Å². The second-order valence-corrected chi connectivity index (χ2v) is 4.21. The highest BCUT2D eigenvalue weighted by molar-refractivity contribution is 9.09. The van der Waals surface area contributed by atoms with Crippen LogP contribution in [0.15, 0.2) is 0 Å². The van der Waals surface area contributed by atoms with E-state index >= 15 is 0 Å². The average molecular weight is 262 g/mol. The fourth-order valence-corrected chi connectivity index (χ4v) is 1.69. The molecule has 0 N–H and O–H groups in total. The summed E-state index contributed by atoms with van der Waals surface area (Å²) in [4.78, 5) is 20.8. The monoisotopic (exact) mass is 261 g/mol. The SMILES string of the molecule is O=[C]CC(=O)CCCCCCCCBr. The van der Waals surface area contributed by atoms with Gasteiger partial charge in [-0.25, -0.2) is 0 Å². The van der Waals surface area contributed by atoms with Crippen LogP contribution in [0.5, 0.6) is 0 Å². The van der Waals surface area contributed by atoms with E-state index in [1.54, 1.807) is 6.29 Å². The van der Waals surface area contributed by atoms with Crippen LogP contribution in [0.1, 0.15) is 51.4 Å². The van der Waals surface area contributed by atoms with Crippen LogP contribution in [-0.4, -0.2) is 17.4 Å². The lowest BCUT2D eigenvalue weighted by Gasteiger charge is -1.99. The molecule has 0 saturated heterocycles. The number of carbonyl (C=O) groups excluding carboxylic acids is 2. The number of carbonyl (C=O) groups is 1. The molecule has 3 heteroatoms. The third-order valence-corrected chi connectivity index (χ3v) is 2.67. The number of ketones is 1. The van der Waals surface area contributed by atoms with Crippen LogP contribution in [0.2, 0.25) is 0 Å². The highest BCUT2D eigenvalue weighted by Crippen LogP contribution is 2.08. The van der Waals surface area contributed by atoms with Gasteiger partial charge in [0.15, 0.2) is 0 Å². The van der Waals surface area contributed by atoms with Crippen LogP contribution in [0.4, 0.5) is 0 Å². The van der Waals surface area contributed by atoms with Gasteiger partial charge >= 0.3 is 0 Å². The lowest BCUT2D eigenvalue weighted by Crippen LogP contribution is -1.97. The van der Waals surface area contributed by atoms with Crippen molar-refractivity contribution in [1.82, 2.24) is 0 Å². The lowest BCUT2D eigenvalue weighted by molar-refractivity contribution is -0.118. The molecule has 0 aromatic rings. The van der Waals surface area contributed by atoms with Gasteiger partial charge in [0.1, 0.15) is 5.78 Å². The summed E-state index contributed by atoms with van der Waals surface area (Å²) in [7, 11) is 0. The first-order valence-corrected chi connectivity index (χ1v) is 6.36. The van der Waals surface area contributed by atoms with E-state index in [4.69, 9.17) is 0 Å². The van der Waals surface area contributed by atoms with Crippen LogP contribution in [0.25, 0.3) is 0 Å². The standard InChI is InChI=1S/C11H18BrO2/c12-9-6-4-2-1-3-5-7-11(14)8-10-13/h1-9H2. The minimum Gasteiger partial charge on any atom is -0.299 e. The molecule has 0 rings (SSSR count). The number of halogens is 1. The quantitative estimate of drug-likeness (QED) is 0.344. The maximum atomic E-state index is 10.9. The molecule has 0 atom stereocenters. The van der Waals surface area contributed by atoms with Crippen LogP contribution in [0.3, 0.4) is 0 Å². The maximum absolute atomic E-state index is 10.9. The fourth-order valence-electron chi connectivity index (χ4n) is 1.29. The summed E-state index contributed by atoms with van der Waals surface area (Å²) in [5, 5.41) is 1.08. The Kier molecular flexibility index (Phi) is 10.8. The second-order valence-electron chi connectivity index (χ2n) is 3.42. The van der Waals surface area contributed by atoms with Gasteiger partial charge < -0.3 is 0 Å². The summed E-state index contributed by atoms with van der Waals surface area (Å²) in [5.41, 5.74) is 0. The largest absolute Gasteiger partial charge is 0.299 e. The maximum Gasteiger partial charge on any atom is 0.206 e. The average Bonchev–Trinajstić information content (AvgIpc) is 2.17. The number of hydrogen-bond donors (Lipinski definition) is 0. The second kappa shape index (κ2) is 10.9. The van der Waals surface area contributed by atoms with E-state index in [-0.39, 0.29) is 12.2 Å². The minimum absolute atomic E-state index is 0.0242. The van der Waals surface area contributed by atoms with Crippen molar-refractivity contribution >= 4 is 28.0 Å². The molecule has 0 aromatic carbocycles. The molecule has 0 unspecified atom stereocenters. The molecule has 1 radical (unpaired) electrons. The van der Waals surface area contributed by atoms with E-state index in [0.717, 1.165) is 18.2 Å². The summed E-state index contributed by atoms with van der Waals surface area (Å²) in [6.45, 7) is 0. The molecule has 0 aliphatic carbocycles. The summed E-state index contributed by atoms with van der Waals surface area (Å²) in [6, 6.07) is 0. The van der Waals surface area contributed by atoms with Gasteiger partial charge in [0.2, 0.25) is 6.29 Å². The van der Waals surface area contributed by atoms with Crippen molar-refractivity contribution in [2.24, 2.45) is 0 Å². The smallest absolute Gasteiger partial charge is 0.206 e. The Morgan fingerprint density at radius 3 is 2.14 bits per heavy atom. The number of Topliss-reactive ketones (excluding diaryl/α,β-unsaturated/α-hetero) is 1. The van der Waals surface area contributed by atoms with Crippen molar-refractivity contribution in [1.29, 1.82) is 0 Å². The normalized spacial score (nSPS) is 10.1. The van der Waals surface area contributed by atoms with Gasteiger partial charge in [0.05, 0.1) is 6.42 Å². The van der Waals surface area contributed by atoms with E-state index in [9.17, 15) is 9.59 Å². The van der Waals surface area contributed by atoms with Crippen LogP contribution < -0.4 is 0 Å². The molecule has 0 bridgehead atoms. The Labute approximate surface area is 94.6 Å². The summed E-state index contributed by atoms with van der Waals surface area (Å²) in [5.74, 6) is 0.0282. The molecular formula is C11H18BrO2. The molecule has 0 aliphatic heterocycles. The molecule has 0 aliphatic rings. The molecule has 0 spiro atoms. The van der Waals surface area contributed by atoms with Gasteiger partial charge in [-0.15, -0.1) is 0 Å². The number of alkyl halides is 1. The van der Waals surface area contributed by atoms with Crippen molar-refractivity contribution in [2.45, 2.75) is 51.4 Å². The van der Waals surface area contributed by atoms with Gasteiger partial charge in [-0.3, -0.25) is 9.59 Å². The molecule has 0 fully saturated rings. The van der Waals surface area contributed by atoms with Gasteiger partial charge in [-0.05, 0) is 12.8 Å². The molecule has 0 heterocycles. The van der Waals surface area contributed by atoms with Gasteiger partial charge in [-0.2, -0.15) is 0 Å². The molecule has 0 saturated carbocycles. The van der Waals surface area contributed by atoms with Crippen molar-refractivity contribution in [3.8, 4) is 0 Å². The van der Waals surface area contributed by atoms with Gasteiger partial charge in [-0.1, -0.05) is 41.6 Å². The predicted octanol–water partition coefficient (Wildman–Crippen LogP) is 3.18. The Morgan fingerprint density at radius 1 is 1.00 bits per heavy atom.